The Balaban J connectivity index is 1.55. The molecule has 6 heteroatoms. The van der Waals surface area contributed by atoms with Gasteiger partial charge in [0, 0.05) is 23.4 Å². The van der Waals surface area contributed by atoms with Gasteiger partial charge in [0.25, 0.3) is 5.91 Å². The molecule has 1 aliphatic heterocycles. The standard InChI is InChI=1S/C19H20FN3O2/c20-16-5-2-1-4-14(16)12-22-18(24)13-7-9-15(10-8-13)23-19(25)17-6-3-11-21-17/h1-2,4-5,7-10,17,21H,3,6,11-12H2,(H,22,24)(H,23,25). The number of amides is 2. The Labute approximate surface area is 145 Å². The SMILES string of the molecule is O=C(NCc1ccccc1F)c1ccc(NC(=O)C2CCCN2)cc1. The molecule has 25 heavy (non-hydrogen) atoms. The summed E-state index contributed by atoms with van der Waals surface area (Å²) >= 11 is 0. The van der Waals surface area contributed by atoms with Gasteiger partial charge in [-0.3, -0.25) is 9.59 Å². The Hall–Kier alpha value is -2.73. The van der Waals surface area contributed by atoms with E-state index in [0.717, 1.165) is 19.4 Å². The molecule has 1 fully saturated rings. The molecule has 2 amide bonds. The van der Waals surface area contributed by atoms with Crippen LogP contribution < -0.4 is 16.0 Å². The van der Waals surface area contributed by atoms with Crippen LogP contribution in [0.5, 0.6) is 0 Å². The summed E-state index contributed by atoms with van der Waals surface area (Å²) in [6.07, 6.45) is 1.83. The fraction of sp³-hybridized carbons (Fsp3) is 0.263. The molecule has 0 aromatic heterocycles. The van der Waals surface area contributed by atoms with Gasteiger partial charge in [-0.15, -0.1) is 0 Å². The molecular formula is C19H20FN3O2. The minimum atomic E-state index is -0.346. The van der Waals surface area contributed by atoms with Crippen LogP contribution in [0.25, 0.3) is 0 Å². The van der Waals surface area contributed by atoms with Crippen molar-refractivity contribution >= 4 is 17.5 Å². The lowest BCUT2D eigenvalue weighted by molar-refractivity contribution is -0.117. The molecule has 3 N–H and O–H groups in total. The molecule has 1 unspecified atom stereocenters. The van der Waals surface area contributed by atoms with Crippen LogP contribution in [0.3, 0.4) is 0 Å². The lowest BCUT2D eigenvalue weighted by Gasteiger charge is -2.11. The lowest BCUT2D eigenvalue weighted by atomic mass is 10.1. The van der Waals surface area contributed by atoms with Gasteiger partial charge in [0.1, 0.15) is 5.82 Å². The predicted octanol–water partition coefficient (Wildman–Crippen LogP) is 2.45. The maximum atomic E-state index is 13.5. The van der Waals surface area contributed by atoms with Crippen molar-refractivity contribution in [1.82, 2.24) is 10.6 Å². The van der Waals surface area contributed by atoms with E-state index in [9.17, 15) is 14.0 Å². The molecule has 1 heterocycles. The number of benzene rings is 2. The summed E-state index contributed by atoms with van der Waals surface area (Å²) < 4.78 is 13.5. The molecule has 1 aliphatic rings. The van der Waals surface area contributed by atoms with Gasteiger partial charge in [-0.25, -0.2) is 4.39 Å². The number of halogens is 1. The van der Waals surface area contributed by atoms with E-state index >= 15 is 0 Å². The largest absolute Gasteiger partial charge is 0.348 e. The molecule has 0 spiro atoms. The second-order valence-corrected chi connectivity index (χ2v) is 5.99. The van der Waals surface area contributed by atoms with Crippen molar-refractivity contribution in [2.75, 3.05) is 11.9 Å². The molecular weight excluding hydrogens is 321 g/mol. The number of rotatable bonds is 5. The number of anilines is 1. The summed E-state index contributed by atoms with van der Waals surface area (Å²) in [6.45, 7) is 0.983. The van der Waals surface area contributed by atoms with E-state index < -0.39 is 0 Å². The van der Waals surface area contributed by atoms with Gasteiger partial charge in [0.2, 0.25) is 5.91 Å². The van der Waals surface area contributed by atoms with E-state index in [1.165, 1.54) is 6.07 Å². The minimum Gasteiger partial charge on any atom is -0.348 e. The first-order valence-electron chi connectivity index (χ1n) is 8.29. The molecule has 1 saturated heterocycles. The zero-order valence-corrected chi connectivity index (χ0v) is 13.7. The van der Waals surface area contributed by atoms with Gasteiger partial charge < -0.3 is 16.0 Å². The highest BCUT2D eigenvalue weighted by Gasteiger charge is 2.21. The molecule has 3 rings (SSSR count). The van der Waals surface area contributed by atoms with Crippen LogP contribution in [-0.4, -0.2) is 24.4 Å². The quantitative estimate of drug-likeness (QED) is 0.782. The molecule has 0 bridgehead atoms. The maximum absolute atomic E-state index is 13.5. The third kappa shape index (κ3) is 4.42. The number of hydrogen-bond acceptors (Lipinski definition) is 3. The number of hydrogen-bond donors (Lipinski definition) is 3. The van der Waals surface area contributed by atoms with Crippen molar-refractivity contribution in [2.45, 2.75) is 25.4 Å². The Bertz CT molecular complexity index is 756. The normalized spacial score (nSPS) is 16.4. The van der Waals surface area contributed by atoms with Crippen LogP contribution in [0.1, 0.15) is 28.8 Å². The predicted molar refractivity (Wildman–Crippen MR) is 93.7 cm³/mol. The van der Waals surface area contributed by atoms with Crippen molar-refractivity contribution in [3.63, 3.8) is 0 Å². The zero-order valence-electron chi connectivity index (χ0n) is 13.7. The Morgan fingerprint density at radius 2 is 1.88 bits per heavy atom. The fourth-order valence-corrected chi connectivity index (χ4v) is 2.76. The second-order valence-electron chi connectivity index (χ2n) is 5.99. The highest BCUT2D eigenvalue weighted by atomic mass is 19.1. The molecule has 0 saturated carbocycles. The Morgan fingerprint density at radius 3 is 2.56 bits per heavy atom. The van der Waals surface area contributed by atoms with E-state index in [1.807, 2.05) is 0 Å². The average molecular weight is 341 g/mol. The van der Waals surface area contributed by atoms with Crippen molar-refractivity contribution < 1.29 is 14.0 Å². The average Bonchev–Trinajstić information content (AvgIpc) is 3.16. The number of carbonyl (C=O) groups excluding carboxylic acids is 2. The Morgan fingerprint density at radius 1 is 1.12 bits per heavy atom. The summed E-state index contributed by atoms with van der Waals surface area (Å²) in [4.78, 5) is 24.2. The first kappa shape index (κ1) is 17.1. The van der Waals surface area contributed by atoms with Gasteiger partial charge >= 0.3 is 0 Å². The highest BCUT2D eigenvalue weighted by molar-refractivity contribution is 5.97. The van der Waals surface area contributed by atoms with Gasteiger partial charge in [0.05, 0.1) is 6.04 Å². The molecule has 130 valence electrons. The van der Waals surface area contributed by atoms with Crippen LogP contribution in [0, 0.1) is 5.82 Å². The summed E-state index contributed by atoms with van der Waals surface area (Å²) in [5.41, 5.74) is 1.53. The second kappa shape index (κ2) is 7.90. The maximum Gasteiger partial charge on any atom is 0.251 e. The van der Waals surface area contributed by atoms with Gasteiger partial charge in [0.15, 0.2) is 0 Å². The molecule has 5 nitrogen and oxygen atoms in total. The van der Waals surface area contributed by atoms with E-state index in [2.05, 4.69) is 16.0 Å². The van der Waals surface area contributed by atoms with Crippen LogP contribution in [0.2, 0.25) is 0 Å². The van der Waals surface area contributed by atoms with E-state index in [-0.39, 0.29) is 30.2 Å². The summed E-state index contributed by atoms with van der Waals surface area (Å²) in [5.74, 6) is -0.700. The van der Waals surface area contributed by atoms with Gasteiger partial charge in [-0.05, 0) is 49.7 Å². The van der Waals surface area contributed by atoms with Crippen molar-refractivity contribution in [3.05, 3.63) is 65.5 Å². The monoisotopic (exact) mass is 341 g/mol. The number of carbonyl (C=O) groups is 2. The minimum absolute atomic E-state index is 0.0609. The van der Waals surface area contributed by atoms with Crippen LogP contribution in [0.15, 0.2) is 48.5 Å². The van der Waals surface area contributed by atoms with Gasteiger partial charge in [-0.2, -0.15) is 0 Å². The topological polar surface area (TPSA) is 70.2 Å². The third-order valence-corrected chi connectivity index (χ3v) is 4.19. The summed E-state index contributed by atoms with van der Waals surface area (Å²) in [7, 11) is 0. The first-order chi connectivity index (χ1) is 12.1. The van der Waals surface area contributed by atoms with Crippen LogP contribution >= 0.6 is 0 Å². The fourth-order valence-electron chi connectivity index (χ4n) is 2.76. The molecule has 0 aliphatic carbocycles. The van der Waals surface area contributed by atoms with Crippen molar-refractivity contribution in [3.8, 4) is 0 Å². The summed E-state index contributed by atoms with van der Waals surface area (Å²) in [5, 5.41) is 8.65. The third-order valence-electron chi connectivity index (χ3n) is 4.19. The molecule has 0 radical (unpaired) electrons. The molecule has 1 atom stereocenters. The highest BCUT2D eigenvalue weighted by Crippen LogP contribution is 2.13. The van der Waals surface area contributed by atoms with Crippen molar-refractivity contribution in [2.24, 2.45) is 0 Å². The lowest BCUT2D eigenvalue weighted by Crippen LogP contribution is -2.35. The van der Waals surface area contributed by atoms with E-state index in [1.54, 1.807) is 42.5 Å². The summed E-state index contributed by atoms with van der Waals surface area (Å²) in [6, 6.07) is 12.8. The van der Waals surface area contributed by atoms with E-state index in [4.69, 9.17) is 0 Å². The molecule has 2 aromatic carbocycles. The Kier molecular flexibility index (Phi) is 5.40. The zero-order chi connectivity index (χ0) is 17.6. The first-order valence-corrected chi connectivity index (χ1v) is 8.29. The van der Waals surface area contributed by atoms with Crippen LogP contribution in [-0.2, 0) is 11.3 Å². The van der Waals surface area contributed by atoms with Crippen LogP contribution in [0.4, 0.5) is 10.1 Å². The smallest absolute Gasteiger partial charge is 0.251 e. The molecule has 2 aromatic rings. The van der Waals surface area contributed by atoms with E-state index in [0.29, 0.717) is 16.8 Å². The van der Waals surface area contributed by atoms with Gasteiger partial charge in [-0.1, -0.05) is 18.2 Å². The van der Waals surface area contributed by atoms with Crippen molar-refractivity contribution in [1.29, 1.82) is 0 Å². The number of nitrogens with one attached hydrogen (secondary N) is 3.